The van der Waals surface area contributed by atoms with Crippen LogP contribution < -0.4 is 15.0 Å². The van der Waals surface area contributed by atoms with Gasteiger partial charge in [-0.15, -0.1) is 0 Å². The molecule has 8 heteroatoms. The molecule has 0 radical (unpaired) electrons. The molecule has 2 heterocycles. The third-order valence-electron chi connectivity index (χ3n) is 7.23. The van der Waals surface area contributed by atoms with E-state index in [1.807, 2.05) is 19.1 Å². The van der Waals surface area contributed by atoms with E-state index in [9.17, 15) is 24.3 Å². The van der Waals surface area contributed by atoms with Crippen LogP contribution in [0.5, 0.6) is 5.75 Å². The molecule has 2 fully saturated rings. The van der Waals surface area contributed by atoms with Gasteiger partial charge in [-0.05, 0) is 47.4 Å². The normalized spacial score (nSPS) is 24.7. The number of nitrogens with one attached hydrogen (secondary N) is 1. The number of nitrogens with zero attached hydrogens (tertiary/aromatic N) is 1. The van der Waals surface area contributed by atoms with Gasteiger partial charge in [-0.25, -0.2) is 9.69 Å². The quantitative estimate of drug-likeness (QED) is 0.303. The van der Waals surface area contributed by atoms with Crippen LogP contribution in [0.4, 0.5) is 5.69 Å². The molecular formula is C29H26N2O6. The Bertz CT molecular complexity index is 1370. The highest BCUT2D eigenvalue weighted by atomic mass is 16.5. The fraction of sp³-hybridized carbons (Fsp3) is 0.241. The number of imide groups is 1. The number of hydrogen-bond donors (Lipinski definition) is 2. The summed E-state index contributed by atoms with van der Waals surface area (Å²) >= 11 is 0. The molecule has 4 unspecified atom stereocenters. The number of carbonyl (C=O) groups excluding carboxylic acids is 3. The minimum absolute atomic E-state index is 0.324. The van der Waals surface area contributed by atoms with Crippen molar-refractivity contribution in [3.8, 4) is 5.75 Å². The maximum Gasteiger partial charge on any atom is 0.329 e. The average molecular weight is 499 g/mol. The molecule has 2 saturated heterocycles. The van der Waals surface area contributed by atoms with Crippen LogP contribution in [0.25, 0.3) is 0 Å². The van der Waals surface area contributed by atoms with Crippen molar-refractivity contribution in [3.63, 3.8) is 0 Å². The number of fused-ring (bicyclic) bond motifs is 1. The monoisotopic (exact) mass is 498 g/mol. The molecule has 0 spiro atoms. The number of carboxylic acids is 1. The number of carboxylic acid groups (broad SMARTS) is 1. The molecule has 0 aliphatic carbocycles. The number of hydrogen-bond acceptors (Lipinski definition) is 6. The van der Waals surface area contributed by atoms with E-state index in [1.165, 1.54) is 6.92 Å². The largest absolute Gasteiger partial charge is 0.480 e. The zero-order valence-electron chi connectivity index (χ0n) is 20.4. The molecule has 0 aromatic heterocycles. The minimum Gasteiger partial charge on any atom is -0.480 e. The number of anilines is 1. The summed E-state index contributed by atoms with van der Waals surface area (Å²) in [5.74, 6) is -4.54. The number of carbonyl (C=O) groups is 4. The predicted octanol–water partition coefficient (Wildman–Crippen LogP) is 3.60. The highest BCUT2D eigenvalue weighted by Gasteiger charge is 2.69. The van der Waals surface area contributed by atoms with Gasteiger partial charge >= 0.3 is 11.9 Å². The standard InChI is InChI=1S/C29H26N2O6/c1-3-18-9-13-21(14-10-18)31-26(33)23-24(27(31)34)29(28(35)36,20-7-5-4-6-8-20)30-25(23)19-11-15-22(16-12-19)37-17(2)32/h4-16,23-25,30H,3H2,1-2H3,(H,35,36). The van der Waals surface area contributed by atoms with Gasteiger partial charge in [-0.1, -0.05) is 61.5 Å². The molecule has 2 aliphatic rings. The molecule has 2 aliphatic heterocycles. The van der Waals surface area contributed by atoms with Crippen LogP contribution in [0.15, 0.2) is 78.9 Å². The molecule has 188 valence electrons. The van der Waals surface area contributed by atoms with Crippen molar-refractivity contribution in [1.82, 2.24) is 5.32 Å². The van der Waals surface area contributed by atoms with Crippen molar-refractivity contribution in [2.24, 2.45) is 11.8 Å². The summed E-state index contributed by atoms with van der Waals surface area (Å²) in [4.78, 5) is 53.3. The summed E-state index contributed by atoms with van der Waals surface area (Å²) in [5, 5.41) is 13.8. The lowest BCUT2D eigenvalue weighted by Gasteiger charge is -2.31. The number of rotatable bonds is 6. The summed E-state index contributed by atoms with van der Waals surface area (Å²) in [6, 6.07) is 21.4. The van der Waals surface area contributed by atoms with E-state index in [4.69, 9.17) is 4.74 Å². The Morgan fingerprint density at radius 3 is 2.16 bits per heavy atom. The number of benzene rings is 3. The van der Waals surface area contributed by atoms with Gasteiger partial charge in [-0.2, -0.15) is 0 Å². The Morgan fingerprint density at radius 2 is 1.59 bits per heavy atom. The minimum atomic E-state index is -1.82. The van der Waals surface area contributed by atoms with Gasteiger partial charge in [0.05, 0.1) is 17.5 Å². The molecule has 4 atom stereocenters. The van der Waals surface area contributed by atoms with Crippen molar-refractivity contribution < 1.29 is 29.0 Å². The van der Waals surface area contributed by atoms with Crippen LogP contribution in [0, 0.1) is 11.8 Å². The Labute approximate surface area is 213 Å². The number of amides is 2. The fourth-order valence-electron chi connectivity index (χ4n) is 5.52. The fourth-order valence-corrected chi connectivity index (χ4v) is 5.52. The summed E-state index contributed by atoms with van der Waals surface area (Å²) in [5.41, 5.74) is 0.642. The first-order chi connectivity index (χ1) is 17.8. The first kappa shape index (κ1) is 24.4. The van der Waals surface area contributed by atoms with Crippen molar-refractivity contribution >= 4 is 29.4 Å². The number of esters is 1. The zero-order chi connectivity index (χ0) is 26.3. The second-order valence-corrected chi connectivity index (χ2v) is 9.30. The zero-order valence-corrected chi connectivity index (χ0v) is 20.4. The lowest BCUT2D eigenvalue weighted by molar-refractivity contribution is -0.149. The number of ether oxygens (including phenoxy) is 1. The molecule has 3 aromatic rings. The van der Waals surface area contributed by atoms with Crippen LogP contribution in [0.1, 0.15) is 36.6 Å². The van der Waals surface area contributed by atoms with Crippen molar-refractivity contribution in [2.45, 2.75) is 31.8 Å². The molecule has 0 saturated carbocycles. The molecule has 8 nitrogen and oxygen atoms in total. The van der Waals surface area contributed by atoms with Gasteiger partial charge in [0.1, 0.15) is 5.75 Å². The van der Waals surface area contributed by atoms with E-state index in [-0.39, 0.29) is 0 Å². The topological polar surface area (TPSA) is 113 Å². The van der Waals surface area contributed by atoms with Gasteiger partial charge in [0.2, 0.25) is 11.8 Å². The summed E-state index contributed by atoms with van der Waals surface area (Å²) in [7, 11) is 0. The third-order valence-corrected chi connectivity index (χ3v) is 7.23. The van der Waals surface area contributed by atoms with E-state index in [0.717, 1.165) is 16.9 Å². The predicted molar refractivity (Wildman–Crippen MR) is 135 cm³/mol. The van der Waals surface area contributed by atoms with Gasteiger partial charge < -0.3 is 9.84 Å². The lowest BCUT2D eigenvalue weighted by Crippen LogP contribution is -2.53. The second-order valence-electron chi connectivity index (χ2n) is 9.30. The third kappa shape index (κ3) is 3.90. The Kier molecular flexibility index (Phi) is 6.13. The Hall–Kier alpha value is -4.30. The first-order valence-corrected chi connectivity index (χ1v) is 12.1. The van der Waals surface area contributed by atoms with E-state index >= 15 is 0 Å². The van der Waals surface area contributed by atoms with Crippen LogP contribution >= 0.6 is 0 Å². The Morgan fingerprint density at radius 1 is 0.946 bits per heavy atom. The van der Waals surface area contributed by atoms with Crippen LogP contribution in [0.3, 0.4) is 0 Å². The van der Waals surface area contributed by atoms with Gasteiger partial charge in [0.15, 0.2) is 5.54 Å². The average Bonchev–Trinajstić information content (AvgIpc) is 3.39. The van der Waals surface area contributed by atoms with Gasteiger partial charge in [0, 0.05) is 13.0 Å². The Balaban J connectivity index is 1.64. The molecule has 5 rings (SSSR count). The van der Waals surface area contributed by atoms with Crippen LogP contribution in [-0.4, -0.2) is 28.9 Å². The summed E-state index contributed by atoms with van der Waals surface area (Å²) in [6.45, 7) is 3.30. The maximum atomic E-state index is 13.9. The van der Waals surface area contributed by atoms with E-state index < -0.39 is 47.2 Å². The molecule has 2 amide bonds. The highest BCUT2D eigenvalue weighted by molar-refractivity contribution is 6.24. The van der Waals surface area contributed by atoms with Gasteiger partial charge in [-0.3, -0.25) is 19.7 Å². The molecular weight excluding hydrogens is 472 g/mol. The van der Waals surface area contributed by atoms with E-state index in [2.05, 4.69) is 5.32 Å². The van der Waals surface area contributed by atoms with Gasteiger partial charge in [0.25, 0.3) is 0 Å². The summed E-state index contributed by atoms with van der Waals surface area (Å²) < 4.78 is 5.12. The van der Waals surface area contributed by atoms with E-state index in [1.54, 1.807) is 66.7 Å². The van der Waals surface area contributed by atoms with Crippen molar-refractivity contribution in [3.05, 3.63) is 95.6 Å². The molecule has 0 bridgehead atoms. The maximum absolute atomic E-state index is 13.9. The first-order valence-electron chi connectivity index (χ1n) is 12.1. The van der Waals surface area contributed by atoms with Crippen molar-refractivity contribution in [1.29, 1.82) is 0 Å². The number of aryl methyl sites for hydroxylation is 1. The van der Waals surface area contributed by atoms with E-state index in [0.29, 0.717) is 22.6 Å². The number of aliphatic carboxylic acids is 1. The van der Waals surface area contributed by atoms with Crippen LogP contribution in [0.2, 0.25) is 0 Å². The molecule has 37 heavy (non-hydrogen) atoms. The highest BCUT2D eigenvalue weighted by Crippen LogP contribution is 2.53. The lowest BCUT2D eigenvalue weighted by atomic mass is 9.75. The second kappa shape index (κ2) is 9.29. The van der Waals surface area contributed by atoms with Crippen molar-refractivity contribution in [2.75, 3.05) is 4.90 Å². The molecule has 2 N–H and O–H groups in total. The summed E-state index contributed by atoms with van der Waals surface area (Å²) in [6.07, 6.45) is 0.804. The SMILES string of the molecule is CCc1ccc(N2C(=O)C3C(c4ccc(OC(C)=O)cc4)NC(C(=O)O)(c4ccccc4)C3C2=O)cc1. The molecule has 3 aromatic carbocycles. The van der Waals surface area contributed by atoms with Crippen LogP contribution in [-0.2, 0) is 31.1 Å². The smallest absolute Gasteiger partial charge is 0.329 e.